The molecule has 0 aliphatic heterocycles. The number of hydrogen-bond donors (Lipinski definition) is 1. The van der Waals surface area contributed by atoms with Crippen LogP contribution in [0.1, 0.15) is 44.9 Å². The summed E-state index contributed by atoms with van der Waals surface area (Å²) in [6.07, 6.45) is 7.98. The first-order valence-electron chi connectivity index (χ1n) is 6.31. The van der Waals surface area contributed by atoms with Gasteiger partial charge >= 0.3 is 0 Å². The molecule has 2 fully saturated rings. The molecular weight excluding hydrogens is 188 g/mol. The minimum absolute atomic E-state index is 0.385. The minimum Gasteiger partial charge on any atom is -0.340 e. The highest BCUT2D eigenvalue weighted by molar-refractivity contribution is 5.77. The van der Waals surface area contributed by atoms with Crippen molar-refractivity contribution in [3.63, 3.8) is 0 Å². The van der Waals surface area contributed by atoms with E-state index in [2.05, 4.69) is 4.90 Å². The van der Waals surface area contributed by atoms with Crippen LogP contribution in [0.4, 0.5) is 0 Å². The van der Waals surface area contributed by atoms with Gasteiger partial charge in [-0.15, -0.1) is 0 Å². The third-order valence-corrected chi connectivity index (χ3v) is 3.60. The average Bonchev–Trinajstić information content (AvgIpc) is 2.92. The number of hydrogen-bond acceptors (Lipinski definition) is 2. The van der Waals surface area contributed by atoms with Gasteiger partial charge in [-0.1, -0.05) is 0 Å². The molecule has 86 valence electrons. The standard InChI is InChI=1S/C12H22N2O/c13-7-2-8-14(11-3-1-4-11)12(15)9-10-5-6-10/h10-11H,1-9,13H2. The lowest BCUT2D eigenvalue weighted by Gasteiger charge is -2.37. The quantitative estimate of drug-likeness (QED) is 0.722. The van der Waals surface area contributed by atoms with E-state index in [0.717, 1.165) is 19.4 Å². The number of amides is 1. The van der Waals surface area contributed by atoms with Gasteiger partial charge in [-0.3, -0.25) is 4.79 Å². The zero-order valence-corrected chi connectivity index (χ0v) is 9.45. The first-order valence-corrected chi connectivity index (χ1v) is 6.31. The molecule has 0 heterocycles. The van der Waals surface area contributed by atoms with Crippen molar-refractivity contribution in [2.24, 2.45) is 11.7 Å². The Bertz CT molecular complexity index is 222. The average molecular weight is 210 g/mol. The fourth-order valence-corrected chi connectivity index (χ4v) is 2.16. The van der Waals surface area contributed by atoms with E-state index in [1.165, 1.54) is 32.1 Å². The molecule has 1 amide bonds. The molecule has 2 rings (SSSR count). The van der Waals surface area contributed by atoms with Gasteiger partial charge in [0.05, 0.1) is 0 Å². The molecule has 0 spiro atoms. The Morgan fingerprint density at radius 3 is 2.47 bits per heavy atom. The maximum absolute atomic E-state index is 12.0. The van der Waals surface area contributed by atoms with Crippen LogP contribution in [0.2, 0.25) is 0 Å². The van der Waals surface area contributed by atoms with Crippen LogP contribution in [0, 0.1) is 5.92 Å². The molecule has 0 unspecified atom stereocenters. The summed E-state index contributed by atoms with van der Waals surface area (Å²) < 4.78 is 0. The van der Waals surface area contributed by atoms with Crippen molar-refractivity contribution in [2.45, 2.75) is 51.0 Å². The second kappa shape index (κ2) is 4.97. The normalized spacial score (nSPS) is 21.1. The topological polar surface area (TPSA) is 46.3 Å². The highest BCUT2D eigenvalue weighted by Crippen LogP contribution is 2.34. The third-order valence-electron chi connectivity index (χ3n) is 3.60. The van der Waals surface area contributed by atoms with E-state index in [1.807, 2.05) is 0 Å². The van der Waals surface area contributed by atoms with Gasteiger partial charge in [-0.05, 0) is 51.0 Å². The summed E-state index contributed by atoms with van der Waals surface area (Å²) in [5.74, 6) is 1.09. The van der Waals surface area contributed by atoms with Crippen molar-refractivity contribution < 1.29 is 4.79 Å². The summed E-state index contributed by atoms with van der Waals surface area (Å²) in [5, 5.41) is 0. The van der Waals surface area contributed by atoms with E-state index in [9.17, 15) is 4.79 Å². The molecular formula is C12H22N2O. The molecule has 0 aromatic heterocycles. The van der Waals surface area contributed by atoms with Gasteiger partial charge in [0, 0.05) is 19.0 Å². The van der Waals surface area contributed by atoms with Crippen molar-refractivity contribution in [1.29, 1.82) is 0 Å². The predicted octanol–water partition coefficient (Wildman–Crippen LogP) is 1.52. The summed E-state index contributed by atoms with van der Waals surface area (Å²) in [6.45, 7) is 1.58. The largest absolute Gasteiger partial charge is 0.340 e. The van der Waals surface area contributed by atoms with Crippen LogP contribution in [0.15, 0.2) is 0 Å². The smallest absolute Gasteiger partial charge is 0.223 e. The molecule has 0 aromatic carbocycles. The number of rotatable bonds is 6. The molecule has 2 aliphatic rings. The van der Waals surface area contributed by atoms with Gasteiger partial charge < -0.3 is 10.6 Å². The highest BCUT2D eigenvalue weighted by atomic mass is 16.2. The highest BCUT2D eigenvalue weighted by Gasteiger charge is 2.32. The van der Waals surface area contributed by atoms with Gasteiger partial charge in [0.25, 0.3) is 0 Å². The first-order chi connectivity index (χ1) is 7.31. The van der Waals surface area contributed by atoms with Crippen LogP contribution in [-0.4, -0.2) is 29.9 Å². The summed E-state index contributed by atoms with van der Waals surface area (Å²) in [7, 11) is 0. The summed E-state index contributed by atoms with van der Waals surface area (Å²) in [4.78, 5) is 14.1. The first kappa shape index (κ1) is 10.9. The van der Waals surface area contributed by atoms with Gasteiger partial charge in [-0.25, -0.2) is 0 Å². The molecule has 0 aromatic rings. The number of nitrogens with zero attached hydrogens (tertiary/aromatic N) is 1. The Morgan fingerprint density at radius 2 is 2.00 bits per heavy atom. The van der Waals surface area contributed by atoms with E-state index in [0.29, 0.717) is 24.4 Å². The molecule has 2 aliphatic carbocycles. The molecule has 2 saturated carbocycles. The van der Waals surface area contributed by atoms with Gasteiger partial charge in [0.15, 0.2) is 0 Å². The number of carbonyl (C=O) groups is 1. The Hall–Kier alpha value is -0.570. The predicted molar refractivity (Wildman–Crippen MR) is 60.4 cm³/mol. The third kappa shape index (κ3) is 2.94. The van der Waals surface area contributed by atoms with Crippen molar-refractivity contribution >= 4 is 5.91 Å². The second-order valence-corrected chi connectivity index (χ2v) is 4.96. The maximum atomic E-state index is 12.0. The van der Waals surface area contributed by atoms with E-state index in [4.69, 9.17) is 5.73 Å². The van der Waals surface area contributed by atoms with Crippen LogP contribution in [0.3, 0.4) is 0 Å². The van der Waals surface area contributed by atoms with Crippen LogP contribution >= 0.6 is 0 Å². The van der Waals surface area contributed by atoms with Crippen molar-refractivity contribution in [1.82, 2.24) is 4.90 Å². The molecule has 0 radical (unpaired) electrons. The Kier molecular flexibility index (Phi) is 3.62. The van der Waals surface area contributed by atoms with E-state index >= 15 is 0 Å². The molecule has 15 heavy (non-hydrogen) atoms. The van der Waals surface area contributed by atoms with Crippen molar-refractivity contribution in [3.8, 4) is 0 Å². The molecule has 0 atom stereocenters. The molecule has 3 heteroatoms. The lowest BCUT2D eigenvalue weighted by molar-refractivity contribution is -0.135. The Balaban J connectivity index is 1.81. The lowest BCUT2D eigenvalue weighted by atomic mass is 9.91. The summed E-state index contributed by atoms with van der Waals surface area (Å²) >= 11 is 0. The Labute approximate surface area is 92.0 Å². The van der Waals surface area contributed by atoms with Gasteiger partial charge in [0.2, 0.25) is 5.91 Å². The fourth-order valence-electron chi connectivity index (χ4n) is 2.16. The van der Waals surface area contributed by atoms with Crippen LogP contribution in [0.5, 0.6) is 0 Å². The van der Waals surface area contributed by atoms with Crippen LogP contribution < -0.4 is 5.73 Å². The molecule has 2 N–H and O–H groups in total. The number of nitrogens with two attached hydrogens (primary N) is 1. The zero-order chi connectivity index (χ0) is 10.7. The SMILES string of the molecule is NCCCN(C(=O)CC1CC1)C1CCC1. The molecule has 3 nitrogen and oxygen atoms in total. The van der Waals surface area contributed by atoms with Gasteiger partial charge in [-0.2, -0.15) is 0 Å². The maximum Gasteiger partial charge on any atom is 0.223 e. The fraction of sp³-hybridized carbons (Fsp3) is 0.917. The zero-order valence-electron chi connectivity index (χ0n) is 9.45. The second-order valence-electron chi connectivity index (χ2n) is 4.96. The monoisotopic (exact) mass is 210 g/mol. The van der Waals surface area contributed by atoms with Crippen molar-refractivity contribution in [3.05, 3.63) is 0 Å². The lowest BCUT2D eigenvalue weighted by Crippen LogP contribution is -2.45. The van der Waals surface area contributed by atoms with Crippen LogP contribution in [-0.2, 0) is 4.79 Å². The van der Waals surface area contributed by atoms with Gasteiger partial charge in [0.1, 0.15) is 0 Å². The van der Waals surface area contributed by atoms with Crippen LogP contribution in [0.25, 0.3) is 0 Å². The molecule has 0 saturated heterocycles. The Morgan fingerprint density at radius 1 is 1.27 bits per heavy atom. The van der Waals surface area contributed by atoms with E-state index < -0.39 is 0 Å². The van der Waals surface area contributed by atoms with E-state index in [-0.39, 0.29) is 0 Å². The summed E-state index contributed by atoms with van der Waals surface area (Å²) in [5.41, 5.74) is 5.51. The number of carbonyl (C=O) groups excluding carboxylic acids is 1. The molecule has 0 bridgehead atoms. The summed E-state index contributed by atoms with van der Waals surface area (Å²) in [6, 6.07) is 0.544. The minimum atomic E-state index is 0.385. The van der Waals surface area contributed by atoms with E-state index in [1.54, 1.807) is 0 Å². The van der Waals surface area contributed by atoms with Crippen molar-refractivity contribution in [2.75, 3.05) is 13.1 Å².